The van der Waals surface area contributed by atoms with Crippen LogP contribution in [0.5, 0.6) is 0 Å². The van der Waals surface area contributed by atoms with E-state index >= 15 is 0 Å². The molecule has 6 nitrogen and oxygen atoms in total. The van der Waals surface area contributed by atoms with Crippen molar-refractivity contribution in [3.63, 3.8) is 0 Å². The smallest absolute Gasteiger partial charge is 0.318 e. The molecule has 0 aliphatic carbocycles. The molecule has 0 spiro atoms. The van der Waals surface area contributed by atoms with Crippen molar-refractivity contribution in [2.75, 3.05) is 13.6 Å². The van der Waals surface area contributed by atoms with Crippen LogP contribution in [0.15, 0.2) is 46.7 Å². The number of hydrogen-bond donors (Lipinski definition) is 2. The van der Waals surface area contributed by atoms with Gasteiger partial charge in [-0.3, -0.25) is 0 Å². The molecule has 136 valence electrons. The van der Waals surface area contributed by atoms with Gasteiger partial charge in [-0.25, -0.2) is 17.9 Å². The van der Waals surface area contributed by atoms with E-state index in [4.69, 9.17) is 0 Å². The largest absolute Gasteiger partial charge is 0.331 e. The summed E-state index contributed by atoms with van der Waals surface area (Å²) in [5.41, 5.74) is 0.733. The minimum absolute atomic E-state index is 0.176. The third kappa shape index (κ3) is 5.04. The van der Waals surface area contributed by atoms with E-state index in [9.17, 15) is 13.2 Å². The average Bonchev–Trinajstić information content (AvgIpc) is 3.12. The van der Waals surface area contributed by atoms with Crippen molar-refractivity contribution >= 4 is 27.4 Å². The highest BCUT2D eigenvalue weighted by Gasteiger charge is 2.18. The van der Waals surface area contributed by atoms with Crippen LogP contribution < -0.4 is 10.0 Å². The molecule has 0 fully saturated rings. The third-order valence-electron chi connectivity index (χ3n) is 3.87. The molecule has 2 N–H and O–H groups in total. The van der Waals surface area contributed by atoms with Gasteiger partial charge in [-0.2, -0.15) is 0 Å². The van der Waals surface area contributed by atoms with Crippen LogP contribution in [0.2, 0.25) is 0 Å². The molecule has 1 aromatic carbocycles. The molecule has 2 amide bonds. The van der Waals surface area contributed by atoms with Crippen LogP contribution in [0, 0.1) is 0 Å². The van der Waals surface area contributed by atoms with E-state index in [0.717, 1.165) is 10.4 Å². The molecule has 0 saturated carbocycles. The van der Waals surface area contributed by atoms with Crippen LogP contribution in [0.4, 0.5) is 4.79 Å². The summed E-state index contributed by atoms with van der Waals surface area (Å²) in [5, 5.41) is 4.92. The second-order valence-corrected chi connectivity index (χ2v) is 8.46. The van der Waals surface area contributed by atoms with Gasteiger partial charge in [0.2, 0.25) is 10.0 Å². The molecule has 1 atom stereocenters. The fraction of sp³-hybridized carbons (Fsp3) is 0.353. The van der Waals surface area contributed by atoms with E-state index in [2.05, 4.69) is 10.0 Å². The maximum Gasteiger partial charge on any atom is 0.318 e. The standard InChI is InChI=1S/C17H23N3O3S2/c1-4-20(12-15-8-6-10-24-15)17(21)19-13(2)14-7-5-9-16(11-14)25(22,23)18-3/h5-11,13,18H,4,12H2,1-3H3,(H,19,21)/t13-/m0/s1. The molecule has 0 bridgehead atoms. The number of carbonyl (C=O) groups excluding carboxylic acids is 1. The lowest BCUT2D eigenvalue weighted by Gasteiger charge is -2.24. The molecule has 2 aromatic rings. The molecule has 0 radical (unpaired) electrons. The zero-order chi connectivity index (χ0) is 18.4. The van der Waals surface area contributed by atoms with Crippen LogP contribution in [0.25, 0.3) is 0 Å². The lowest BCUT2D eigenvalue weighted by molar-refractivity contribution is 0.195. The maximum absolute atomic E-state index is 12.5. The number of sulfonamides is 1. The van der Waals surface area contributed by atoms with Gasteiger partial charge in [0.25, 0.3) is 0 Å². The highest BCUT2D eigenvalue weighted by atomic mass is 32.2. The summed E-state index contributed by atoms with van der Waals surface area (Å²) in [6.45, 7) is 4.91. The topological polar surface area (TPSA) is 78.5 Å². The summed E-state index contributed by atoms with van der Waals surface area (Å²) in [4.78, 5) is 15.5. The summed E-state index contributed by atoms with van der Waals surface area (Å²) in [5.74, 6) is 0. The summed E-state index contributed by atoms with van der Waals surface area (Å²) >= 11 is 1.61. The number of urea groups is 1. The van der Waals surface area contributed by atoms with Gasteiger partial charge < -0.3 is 10.2 Å². The van der Waals surface area contributed by atoms with E-state index < -0.39 is 10.0 Å². The zero-order valence-electron chi connectivity index (χ0n) is 14.5. The zero-order valence-corrected chi connectivity index (χ0v) is 16.2. The van der Waals surface area contributed by atoms with Crippen molar-refractivity contribution in [1.82, 2.24) is 14.9 Å². The Hall–Kier alpha value is -1.90. The average molecular weight is 382 g/mol. The number of thiophene rings is 1. The van der Waals surface area contributed by atoms with Crippen molar-refractivity contribution in [3.05, 3.63) is 52.2 Å². The van der Waals surface area contributed by atoms with Crippen molar-refractivity contribution in [2.45, 2.75) is 31.3 Å². The summed E-state index contributed by atoms with van der Waals surface area (Å²) in [6.07, 6.45) is 0. The lowest BCUT2D eigenvalue weighted by Crippen LogP contribution is -2.40. The van der Waals surface area contributed by atoms with Gasteiger partial charge in [0.05, 0.1) is 17.5 Å². The van der Waals surface area contributed by atoms with E-state index in [1.54, 1.807) is 34.4 Å². The van der Waals surface area contributed by atoms with Gasteiger partial charge >= 0.3 is 6.03 Å². The molecule has 1 heterocycles. The van der Waals surface area contributed by atoms with E-state index in [0.29, 0.717) is 13.1 Å². The van der Waals surface area contributed by atoms with E-state index in [1.165, 1.54) is 13.1 Å². The number of rotatable bonds is 7. The fourth-order valence-corrected chi connectivity index (χ4v) is 3.85. The van der Waals surface area contributed by atoms with Crippen molar-refractivity contribution < 1.29 is 13.2 Å². The van der Waals surface area contributed by atoms with E-state index in [-0.39, 0.29) is 17.0 Å². The first-order chi connectivity index (χ1) is 11.9. The Bertz CT molecular complexity index is 804. The Labute approximate surface area is 152 Å². The summed E-state index contributed by atoms with van der Waals surface area (Å²) < 4.78 is 26.1. The Balaban J connectivity index is 2.09. The van der Waals surface area contributed by atoms with Crippen LogP contribution in [0.1, 0.15) is 30.3 Å². The van der Waals surface area contributed by atoms with Gasteiger partial charge in [0, 0.05) is 11.4 Å². The molecule has 0 aliphatic heterocycles. The number of carbonyl (C=O) groups is 1. The minimum atomic E-state index is -3.51. The SMILES string of the molecule is CCN(Cc1cccs1)C(=O)N[C@@H](C)c1cccc(S(=O)(=O)NC)c1. The molecule has 25 heavy (non-hydrogen) atoms. The quantitative estimate of drug-likeness (QED) is 0.774. The number of nitrogens with zero attached hydrogens (tertiary/aromatic N) is 1. The molecular formula is C17H23N3O3S2. The molecule has 2 rings (SSSR count). The predicted octanol–water partition coefficient (Wildman–Crippen LogP) is 2.95. The second kappa shape index (κ2) is 8.46. The first-order valence-corrected chi connectivity index (χ1v) is 10.3. The lowest BCUT2D eigenvalue weighted by atomic mass is 10.1. The molecule has 0 saturated heterocycles. The molecule has 8 heteroatoms. The molecule has 0 unspecified atom stereocenters. The predicted molar refractivity (Wildman–Crippen MR) is 100 cm³/mol. The fourth-order valence-electron chi connectivity index (χ4n) is 2.35. The number of hydrogen-bond acceptors (Lipinski definition) is 4. The molecule has 0 aliphatic rings. The first-order valence-electron chi connectivity index (χ1n) is 7.98. The van der Waals surface area contributed by atoms with Crippen LogP contribution >= 0.6 is 11.3 Å². The second-order valence-electron chi connectivity index (χ2n) is 5.54. The van der Waals surface area contributed by atoms with Gasteiger partial charge in [-0.15, -0.1) is 11.3 Å². The minimum Gasteiger partial charge on any atom is -0.331 e. The van der Waals surface area contributed by atoms with Crippen LogP contribution in [-0.4, -0.2) is 32.9 Å². The molecule has 1 aromatic heterocycles. The normalized spacial score (nSPS) is 12.6. The Morgan fingerprint density at radius 1 is 1.28 bits per heavy atom. The van der Waals surface area contributed by atoms with Crippen LogP contribution in [0.3, 0.4) is 0 Å². The monoisotopic (exact) mass is 381 g/mol. The number of amides is 2. The van der Waals surface area contributed by atoms with E-state index in [1.807, 2.05) is 31.4 Å². The van der Waals surface area contributed by atoms with Crippen LogP contribution in [-0.2, 0) is 16.6 Å². The molecular weight excluding hydrogens is 358 g/mol. The number of benzene rings is 1. The Morgan fingerprint density at radius 2 is 2.04 bits per heavy atom. The van der Waals surface area contributed by atoms with Crippen molar-refractivity contribution in [1.29, 1.82) is 0 Å². The van der Waals surface area contributed by atoms with Gasteiger partial charge in [-0.05, 0) is 50.0 Å². The van der Waals surface area contributed by atoms with Crippen molar-refractivity contribution in [3.8, 4) is 0 Å². The van der Waals surface area contributed by atoms with Gasteiger partial charge in [0.1, 0.15) is 0 Å². The highest BCUT2D eigenvalue weighted by Crippen LogP contribution is 2.18. The maximum atomic E-state index is 12.5. The van der Waals surface area contributed by atoms with Crippen molar-refractivity contribution in [2.24, 2.45) is 0 Å². The highest BCUT2D eigenvalue weighted by molar-refractivity contribution is 7.89. The van der Waals surface area contributed by atoms with Gasteiger partial charge in [0.15, 0.2) is 0 Å². The first kappa shape index (κ1) is 19.4. The number of nitrogens with one attached hydrogen (secondary N) is 2. The van der Waals surface area contributed by atoms with Gasteiger partial charge in [-0.1, -0.05) is 18.2 Å². The Morgan fingerprint density at radius 3 is 2.64 bits per heavy atom. The summed E-state index contributed by atoms with van der Waals surface area (Å²) in [7, 11) is -2.14. The third-order valence-corrected chi connectivity index (χ3v) is 6.15. The Kier molecular flexibility index (Phi) is 6.57. The summed E-state index contributed by atoms with van der Waals surface area (Å²) in [6, 6.07) is 10.0.